The number of nitriles is 1. The van der Waals surface area contributed by atoms with Crippen LogP contribution in [0.2, 0.25) is 0 Å². The second kappa shape index (κ2) is 6.94. The van der Waals surface area contributed by atoms with Crippen molar-refractivity contribution in [3.8, 4) is 6.07 Å². The molecule has 0 aliphatic rings. The molecule has 1 aromatic rings. The summed E-state index contributed by atoms with van der Waals surface area (Å²) in [5.41, 5.74) is 0.947. The summed E-state index contributed by atoms with van der Waals surface area (Å²) in [6.45, 7) is 6.33. The molecule has 0 aliphatic heterocycles. The van der Waals surface area contributed by atoms with Crippen LogP contribution >= 0.6 is 0 Å². The largest absolute Gasteiger partial charge is 0.355 e. The first-order chi connectivity index (χ1) is 8.95. The van der Waals surface area contributed by atoms with Crippen LogP contribution in [0.1, 0.15) is 32.8 Å². The fourth-order valence-electron chi connectivity index (χ4n) is 1.90. The summed E-state index contributed by atoms with van der Waals surface area (Å²) in [6, 6.07) is 12.3. The molecule has 3 heteroatoms. The average Bonchev–Trinajstić information content (AvgIpc) is 2.35. The van der Waals surface area contributed by atoms with E-state index in [4.69, 9.17) is 5.26 Å². The van der Waals surface area contributed by atoms with Gasteiger partial charge in [0.05, 0.1) is 6.07 Å². The van der Waals surface area contributed by atoms with Crippen LogP contribution in [-0.2, 0) is 11.2 Å². The minimum absolute atomic E-state index is 0.164. The lowest BCUT2D eigenvalue weighted by atomic mass is 9.81. The third kappa shape index (κ3) is 5.13. The second-order valence-electron chi connectivity index (χ2n) is 5.81. The Balaban J connectivity index is 2.33. The first-order valence-electron chi connectivity index (χ1n) is 6.66. The van der Waals surface area contributed by atoms with Gasteiger partial charge < -0.3 is 5.32 Å². The Bertz CT molecular complexity index is 440. The lowest BCUT2D eigenvalue weighted by Crippen LogP contribution is -2.37. The number of amides is 1. The lowest BCUT2D eigenvalue weighted by molar-refractivity contribution is -0.125. The summed E-state index contributed by atoms with van der Waals surface area (Å²) < 4.78 is 0. The lowest BCUT2D eigenvalue weighted by Gasteiger charge is -2.23. The molecule has 0 radical (unpaired) electrons. The molecule has 0 saturated carbocycles. The second-order valence-corrected chi connectivity index (χ2v) is 5.81. The van der Waals surface area contributed by atoms with Gasteiger partial charge in [0, 0.05) is 6.54 Å². The summed E-state index contributed by atoms with van der Waals surface area (Å²) in [5.74, 6) is -0.757. The van der Waals surface area contributed by atoms with E-state index < -0.39 is 5.92 Å². The quantitative estimate of drug-likeness (QED) is 0.826. The van der Waals surface area contributed by atoms with E-state index in [1.807, 2.05) is 39.0 Å². The number of aryl methyl sites for hydroxylation is 1. The Morgan fingerprint density at radius 1 is 1.32 bits per heavy atom. The average molecular weight is 258 g/mol. The monoisotopic (exact) mass is 258 g/mol. The van der Waals surface area contributed by atoms with E-state index in [2.05, 4.69) is 23.5 Å². The molecule has 0 saturated heterocycles. The van der Waals surface area contributed by atoms with Crippen LogP contribution in [-0.4, -0.2) is 12.5 Å². The highest BCUT2D eigenvalue weighted by molar-refractivity contribution is 5.81. The fraction of sp³-hybridized carbons (Fsp3) is 0.500. The molecule has 0 aliphatic carbocycles. The van der Waals surface area contributed by atoms with Gasteiger partial charge in [-0.3, -0.25) is 4.79 Å². The third-order valence-electron chi connectivity index (χ3n) is 3.04. The number of hydrogen-bond donors (Lipinski definition) is 1. The maximum Gasteiger partial charge on any atom is 0.237 e. The molecule has 1 N–H and O–H groups in total. The summed E-state index contributed by atoms with van der Waals surface area (Å²) in [4.78, 5) is 11.9. The number of nitrogens with zero attached hydrogens (tertiary/aromatic N) is 1. The molecule has 0 spiro atoms. The molecule has 3 nitrogen and oxygen atoms in total. The smallest absolute Gasteiger partial charge is 0.237 e. The van der Waals surface area contributed by atoms with E-state index in [-0.39, 0.29) is 11.3 Å². The predicted octanol–water partition coefficient (Wildman–Crippen LogP) is 2.92. The highest BCUT2D eigenvalue weighted by atomic mass is 16.1. The summed E-state index contributed by atoms with van der Waals surface area (Å²) in [5, 5.41) is 11.9. The molecule has 0 heterocycles. The van der Waals surface area contributed by atoms with Crippen molar-refractivity contribution in [1.82, 2.24) is 5.32 Å². The van der Waals surface area contributed by atoms with E-state index in [9.17, 15) is 4.79 Å². The van der Waals surface area contributed by atoms with Crippen LogP contribution in [0.3, 0.4) is 0 Å². The van der Waals surface area contributed by atoms with E-state index in [0.29, 0.717) is 6.54 Å². The minimum Gasteiger partial charge on any atom is -0.355 e. The Morgan fingerprint density at radius 2 is 1.95 bits per heavy atom. The Morgan fingerprint density at radius 3 is 2.47 bits per heavy atom. The molecule has 19 heavy (non-hydrogen) atoms. The predicted molar refractivity (Wildman–Crippen MR) is 76.3 cm³/mol. The van der Waals surface area contributed by atoms with Crippen molar-refractivity contribution >= 4 is 5.91 Å². The Labute approximate surface area is 115 Å². The van der Waals surface area contributed by atoms with E-state index in [0.717, 1.165) is 12.8 Å². The number of benzene rings is 1. The van der Waals surface area contributed by atoms with Gasteiger partial charge in [0.1, 0.15) is 5.92 Å². The molecule has 0 bridgehead atoms. The highest BCUT2D eigenvalue weighted by Crippen LogP contribution is 2.25. The molecule has 0 unspecified atom stereocenters. The highest BCUT2D eigenvalue weighted by Gasteiger charge is 2.30. The zero-order valence-corrected chi connectivity index (χ0v) is 11.9. The normalized spacial score (nSPS) is 12.5. The first kappa shape index (κ1) is 15.2. The van der Waals surface area contributed by atoms with Gasteiger partial charge in [0.25, 0.3) is 0 Å². The van der Waals surface area contributed by atoms with E-state index >= 15 is 0 Å². The van der Waals surface area contributed by atoms with Gasteiger partial charge in [0.2, 0.25) is 5.91 Å². The third-order valence-corrected chi connectivity index (χ3v) is 3.04. The number of carbonyl (C=O) groups is 1. The van der Waals surface area contributed by atoms with Gasteiger partial charge >= 0.3 is 0 Å². The summed E-state index contributed by atoms with van der Waals surface area (Å²) in [6.07, 6.45) is 1.83. The maximum atomic E-state index is 11.9. The zero-order valence-electron chi connectivity index (χ0n) is 11.9. The fourth-order valence-corrected chi connectivity index (χ4v) is 1.90. The number of rotatable bonds is 5. The molecule has 1 atom stereocenters. The van der Waals surface area contributed by atoms with Gasteiger partial charge in [-0.25, -0.2) is 0 Å². The Kier molecular flexibility index (Phi) is 5.57. The maximum absolute atomic E-state index is 11.9. The number of nitrogens with one attached hydrogen (secondary N) is 1. The van der Waals surface area contributed by atoms with Gasteiger partial charge in [-0.2, -0.15) is 5.26 Å². The molecule has 0 fully saturated rings. The first-order valence-corrected chi connectivity index (χ1v) is 6.66. The molecule has 0 aromatic heterocycles. The van der Waals surface area contributed by atoms with Crippen LogP contribution in [0.4, 0.5) is 0 Å². The molecule has 1 rings (SSSR count). The van der Waals surface area contributed by atoms with Crippen LogP contribution < -0.4 is 5.32 Å². The molecule has 1 aromatic carbocycles. The zero-order chi connectivity index (χ0) is 14.3. The van der Waals surface area contributed by atoms with E-state index in [1.54, 1.807) is 0 Å². The molecule has 1 amide bonds. The van der Waals surface area contributed by atoms with Crippen LogP contribution in [0.15, 0.2) is 30.3 Å². The van der Waals surface area contributed by atoms with Gasteiger partial charge in [-0.15, -0.1) is 0 Å². The summed E-state index contributed by atoms with van der Waals surface area (Å²) >= 11 is 0. The van der Waals surface area contributed by atoms with Gasteiger partial charge in [-0.05, 0) is 23.8 Å². The SMILES string of the molecule is CC(C)(C)[C@@H](C#N)C(=O)NCCCc1ccccc1. The topological polar surface area (TPSA) is 52.9 Å². The number of hydrogen-bond acceptors (Lipinski definition) is 2. The number of carbonyl (C=O) groups excluding carboxylic acids is 1. The van der Waals surface area contributed by atoms with Gasteiger partial charge in [0.15, 0.2) is 0 Å². The van der Waals surface area contributed by atoms with Gasteiger partial charge in [-0.1, -0.05) is 51.1 Å². The van der Waals surface area contributed by atoms with Crippen LogP contribution in [0, 0.1) is 22.7 Å². The van der Waals surface area contributed by atoms with Crippen LogP contribution in [0.25, 0.3) is 0 Å². The minimum atomic E-state index is -0.593. The summed E-state index contributed by atoms with van der Waals surface area (Å²) in [7, 11) is 0. The Hall–Kier alpha value is -1.82. The van der Waals surface area contributed by atoms with Crippen molar-refractivity contribution in [1.29, 1.82) is 5.26 Å². The van der Waals surface area contributed by atoms with Crippen molar-refractivity contribution in [3.63, 3.8) is 0 Å². The van der Waals surface area contributed by atoms with E-state index in [1.165, 1.54) is 5.56 Å². The van der Waals surface area contributed by atoms with Crippen LogP contribution in [0.5, 0.6) is 0 Å². The van der Waals surface area contributed by atoms with Crippen molar-refractivity contribution in [2.24, 2.45) is 11.3 Å². The molecular formula is C16H22N2O. The van der Waals surface area contributed by atoms with Crippen molar-refractivity contribution in [2.75, 3.05) is 6.54 Å². The van der Waals surface area contributed by atoms with Crippen molar-refractivity contribution < 1.29 is 4.79 Å². The standard InChI is InChI=1S/C16H22N2O/c1-16(2,3)14(12-17)15(19)18-11-7-10-13-8-5-4-6-9-13/h4-6,8-9,14H,7,10-11H2,1-3H3,(H,18,19)/t14-/m0/s1. The van der Waals surface area contributed by atoms with Crippen molar-refractivity contribution in [3.05, 3.63) is 35.9 Å². The molecular weight excluding hydrogens is 236 g/mol. The van der Waals surface area contributed by atoms with Crippen molar-refractivity contribution in [2.45, 2.75) is 33.6 Å². The molecule has 102 valence electrons.